The molecule has 3 N–H and O–H groups in total. The van der Waals surface area contributed by atoms with E-state index in [0.717, 1.165) is 0 Å². The smallest absolute Gasteiger partial charge is 0.319 e. The molecule has 0 aliphatic carbocycles. The predicted octanol–water partition coefficient (Wildman–Crippen LogP) is 0.0476. The molecule has 0 unspecified atom stereocenters. The van der Waals surface area contributed by atoms with Crippen molar-refractivity contribution in [2.45, 2.75) is 0 Å². The van der Waals surface area contributed by atoms with Gasteiger partial charge in [-0.1, -0.05) is 0 Å². The van der Waals surface area contributed by atoms with Crippen molar-refractivity contribution < 1.29 is 9.59 Å². The molecule has 1 rings (SSSR count). The number of rotatable bonds is 1. The van der Waals surface area contributed by atoms with Crippen molar-refractivity contribution >= 4 is 27.9 Å². The van der Waals surface area contributed by atoms with Gasteiger partial charge in [0.25, 0.3) is 5.91 Å². The highest BCUT2D eigenvalue weighted by Gasteiger charge is 2.12. The first-order valence-electron chi connectivity index (χ1n) is 3.17. The molecule has 0 radical (unpaired) electrons. The van der Waals surface area contributed by atoms with Crippen LogP contribution in [0.25, 0.3) is 0 Å². The van der Waals surface area contributed by atoms with Gasteiger partial charge in [0, 0.05) is 6.20 Å². The summed E-state index contributed by atoms with van der Waals surface area (Å²) in [5.74, 6) is -0.665. The predicted molar refractivity (Wildman–Crippen MR) is 46.8 cm³/mol. The second kappa shape index (κ2) is 3.94. The Hall–Kier alpha value is -1.50. The summed E-state index contributed by atoms with van der Waals surface area (Å²) in [6, 6.07) is -0.921. The van der Waals surface area contributed by atoms with Gasteiger partial charge in [-0.15, -0.1) is 0 Å². The molecule has 1 aromatic rings. The summed E-state index contributed by atoms with van der Waals surface area (Å²) < 4.78 is 0.397. The maximum absolute atomic E-state index is 11.1. The summed E-state index contributed by atoms with van der Waals surface area (Å²) in [7, 11) is 0. The van der Waals surface area contributed by atoms with E-state index >= 15 is 0 Å². The van der Waals surface area contributed by atoms with Crippen LogP contribution in [0, 0.1) is 0 Å². The molecular formula is C6H5BrN4O2. The Labute approximate surface area is 81.7 Å². The van der Waals surface area contributed by atoms with Gasteiger partial charge >= 0.3 is 6.03 Å². The SMILES string of the molecule is NC(=O)NC(=O)c1ncncc1Br. The molecule has 0 atom stereocenters. The molecule has 1 aromatic heterocycles. The number of amides is 3. The number of aromatic nitrogens is 2. The van der Waals surface area contributed by atoms with Crippen LogP contribution in [0.5, 0.6) is 0 Å². The summed E-state index contributed by atoms with van der Waals surface area (Å²) in [6.45, 7) is 0. The van der Waals surface area contributed by atoms with Crippen LogP contribution < -0.4 is 11.1 Å². The lowest BCUT2D eigenvalue weighted by Gasteiger charge is -2.00. The molecule has 68 valence electrons. The average Bonchev–Trinajstić information content (AvgIpc) is 2.03. The topological polar surface area (TPSA) is 98.0 Å². The summed E-state index contributed by atoms with van der Waals surface area (Å²) in [5.41, 5.74) is 4.81. The van der Waals surface area contributed by atoms with Crippen molar-refractivity contribution in [3.8, 4) is 0 Å². The monoisotopic (exact) mass is 244 g/mol. The van der Waals surface area contributed by atoms with Gasteiger partial charge in [-0.25, -0.2) is 14.8 Å². The Morgan fingerprint density at radius 3 is 2.77 bits per heavy atom. The van der Waals surface area contributed by atoms with Gasteiger partial charge in [0.15, 0.2) is 0 Å². The number of carbonyl (C=O) groups excluding carboxylic acids is 2. The fourth-order valence-electron chi connectivity index (χ4n) is 0.651. The Bertz CT molecular complexity index is 354. The largest absolute Gasteiger partial charge is 0.351 e. The second-order valence-electron chi connectivity index (χ2n) is 2.04. The number of hydrogen-bond acceptors (Lipinski definition) is 4. The number of nitrogens with two attached hydrogens (primary N) is 1. The zero-order valence-corrected chi connectivity index (χ0v) is 7.91. The van der Waals surface area contributed by atoms with Gasteiger partial charge in [-0.3, -0.25) is 10.1 Å². The number of nitrogens with zero attached hydrogens (tertiary/aromatic N) is 2. The van der Waals surface area contributed by atoms with Crippen LogP contribution >= 0.6 is 15.9 Å². The number of urea groups is 1. The van der Waals surface area contributed by atoms with Crippen molar-refractivity contribution in [1.82, 2.24) is 15.3 Å². The third kappa shape index (κ3) is 2.48. The van der Waals surface area contributed by atoms with Crippen LogP contribution in [0.15, 0.2) is 17.0 Å². The molecule has 6 nitrogen and oxygen atoms in total. The molecule has 1 heterocycles. The molecular weight excluding hydrogens is 240 g/mol. The fourth-order valence-corrected chi connectivity index (χ4v) is 1.05. The van der Waals surface area contributed by atoms with E-state index in [1.807, 2.05) is 5.32 Å². The van der Waals surface area contributed by atoms with Gasteiger partial charge in [0.05, 0.1) is 4.47 Å². The molecule has 7 heteroatoms. The van der Waals surface area contributed by atoms with Crippen LogP contribution in [-0.2, 0) is 0 Å². The molecule has 0 bridgehead atoms. The minimum atomic E-state index is -0.921. The number of primary amides is 1. The summed E-state index contributed by atoms with van der Waals surface area (Å²) >= 11 is 3.05. The zero-order valence-electron chi connectivity index (χ0n) is 6.32. The number of nitrogens with one attached hydrogen (secondary N) is 1. The number of halogens is 1. The first-order chi connectivity index (χ1) is 6.11. The highest BCUT2D eigenvalue weighted by atomic mass is 79.9. The van der Waals surface area contributed by atoms with E-state index in [1.165, 1.54) is 12.5 Å². The van der Waals surface area contributed by atoms with Gasteiger partial charge in [0.1, 0.15) is 12.0 Å². The third-order valence-electron chi connectivity index (χ3n) is 1.12. The van der Waals surface area contributed by atoms with Crippen LogP contribution in [-0.4, -0.2) is 21.9 Å². The molecule has 0 spiro atoms. The van der Waals surface area contributed by atoms with E-state index in [4.69, 9.17) is 5.73 Å². The van der Waals surface area contributed by atoms with Crippen molar-refractivity contribution in [3.63, 3.8) is 0 Å². The summed E-state index contributed by atoms with van der Waals surface area (Å²) in [4.78, 5) is 28.8. The number of carbonyl (C=O) groups is 2. The maximum atomic E-state index is 11.1. The Kier molecular flexibility index (Phi) is 2.91. The molecule has 13 heavy (non-hydrogen) atoms. The van der Waals surface area contributed by atoms with Crippen molar-refractivity contribution in [1.29, 1.82) is 0 Å². The maximum Gasteiger partial charge on any atom is 0.319 e. The van der Waals surface area contributed by atoms with Crippen molar-refractivity contribution in [2.75, 3.05) is 0 Å². The van der Waals surface area contributed by atoms with E-state index in [1.54, 1.807) is 0 Å². The Morgan fingerprint density at radius 2 is 2.23 bits per heavy atom. The van der Waals surface area contributed by atoms with E-state index in [2.05, 4.69) is 25.9 Å². The van der Waals surface area contributed by atoms with Crippen molar-refractivity contribution in [3.05, 3.63) is 22.7 Å². The lowest BCUT2D eigenvalue weighted by atomic mass is 10.4. The minimum absolute atomic E-state index is 0.0637. The molecule has 0 saturated carbocycles. The molecule has 0 fully saturated rings. The van der Waals surface area contributed by atoms with Crippen LogP contribution in [0.1, 0.15) is 10.5 Å². The summed E-state index contributed by atoms with van der Waals surface area (Å²) in [5, 5.41) is 1.88. The quantitative estimate of drug-likeness (QED) is 0.730. The first-order valence-corrected chi connectivity index (χ1v) is 3.97. The van der Waals surface area contributed by atoms with Gasteiger partial charge in [0.2, 0.25) is 0 Å². The van der Waals surface area contributed by atoms with Crippen LogP contribution in [0.4, 0.5) is 4.79 Å². The second-order valence-corrected chi connectivity index (χ2v) is 2.89. The standard InChI is InChI=1S/C6H5BrN4O2/c7-3-1-9-2-10-4(3)5(12)11-6(8)13/h1-2H,(H3,8,11,12,13). The lowest BCUT2D eigenvalue weighted by Crippen LogP contribution is -2.35. The minimum Gasteiger partial charge on any atom is -0.351 e. The van der Waals surface area contributed by atoms with Crippen molar-refractivity contribution in [2.24, 2.45) is 5.73 Å². The average molecular weight is 245 g/mol. The van der Waals surface area contributed by atoms with Gasteiger partial charge in [-0.2, -0.15) is 0 Å². The van der Waals surface area contributed by atoms with E-state index < -0.39 is 11.9 Å². The Balaban J connectivity index is 2.89. The number of imide groups is 1. The van der Waals surface area contributed by atoms with Crippen LogP contribution in [0.2, 0.25) is 0 Å². The molecule has 0 aliphatic heterocycles. The number of hydrogen-bond donors (Lipinski definition) is 2. The first kappa shape index (κ1) is 9.59. The van der Waals surface area contributed by atoms with Gasteiger partial charge in [-0.05, 0) is 15.9 Å². The third-order valence-corrected chi connectivity index (χ3v) is 1.70. The highest BCUT2D eigenvalue weighted by molar-refractivity contribution is 9.10. The zero-order chi connectivity index (χ0) is 9.84. The fraction of sp³-hybridized carbons (Fsp3) is 0. The Morgan fingerprint density at radius 1 is 1.54 bits per heavy atom. The van der Waals surface area contributed by atoms with E-state index in [0.29, 0.717) is 4.47 Å². The lowest BCUT2D eigenvalue weighted by molar-refractivity contribution is 0.0960. The van der Waals surface area contributed by atoms with E-state index in [-0.39, 0.29) is 5.69 Å². The molecule has 3 amide bonds. The molecule has 0 aromatic carbocycles. The summed E-state index contributed by atoms with van der Waals surface area (Å²) in [6.07, 6.45) is 2.59. The highest BCUT2D eigenvalue weighted by Crippen LogP contribution is 2.10. The molecule has 0 aliphatic rings. The normalized spacial score (nSPS) is 9.31. The molecule has 0 saturated heterocycles. The van der Waals surface area contributed by atoms with Gasteiger partial charge < -0.3 is 5.73 Å². The van der Waals surface area contributed by atoms with Crippen LogP contribution in [0.3, 0.4) is 0 Å². The van der Waals surface area contributed by atoms with E-state index in [9.17, 15) is 9.59 Å².